The van der Waals surface area contributed by atoms with E-state index in [0.29, 0.717) is 11.3 Å². The van der Waals surface area contributed by atoms with Gasteiger partial charge in [0.1, 0.15) is 0 Å². The molecule has 0 radical (unpaired) electrons. The molecule has 0 aromatic carbocycles. The predicted octanol–water partition coefficient (Wildman–Crippen LogP) is 2.49. The first kappa shape index (κ1) is 13.5. The average molecular weight is 239 g/mol. The van der Waals surface area contributed by atoms with E-state index >= 15 is 0 Å². The van der Waals surface area contributed by atoms with Crippen molar-refractivity contribution in [3.05, 3.63) is 17.0 Å². The Morgan fingerprint density at radius 1 is 1.06 bits per heavy atom. The first-order valence-electron chi connectivity index (χ1n) is 5.61. The number of thioether (sulfide) groups is 1. The first-order valence-corrected chi connectivity index (χ1v) is 6.49. The Morgan fingerprint density at radius 3 is 2.00 bits per heavy atom. The van der Waals surface area contributed by atoms with Gasteiger partial charge in [-0.25, -0.2) is 9.97 Å². The fourth-order valence-corrected chi connectivity index (χ4v) is 2.35. The Labute approximate surface area is 102 Å². The minimum Gasteiger partial charge on any atom is -0.316 e. The summed E-state index contributed by atoms with van der Waals surface area (Å²) in [6.07, 6.45) is 0. The molecule has 0 aliphatic carbocycles. The van der Waals surface area contributed by atoms with Gasteiger partial charge in [-0.15, -0.1) is 0 Å². The van der Waals surface area contributed by atoms with E-state index in [4.69, 9.17) is 0 Å². The molecular weight excluding hydrogens is 218 g/mol. The molecule has 2 unspecified atom stereocenters. The Morgan fingerprint density at radius 2 is 1.56 bits per heavy atom. The van der Waals surface area contributed by atoms with E-state index in [-0.39, 0.29) is 0 Å². The van der Waals surface area contributed by atoms with Gasteiger partial charge in [0.05, 0.1) is 0 Å². The van der Waals surface area contributed by atoms with E-state index in [1.165, 1.54) is 5.56 Å². The Kier molecular flexibility index (Phi) is 4.74. The molecule has 1 aromatic rings. The molecule has 0 saturated heterocycles. The second kappa shape index (κ2) is 5.64. The highest BCUT2D eigenvalue weighted by Crippen LogP contribution is 2.23. The Bertz CT molecular complexity index is 342. The van der Waals surface area contributed by atoms with Crippen LogP contribution in [0.15, 0.2) is 5.16 Å². The molecule has 0 amide bonds. The Balaban J connectivity index is 2.82. The van der Waals surface area contributed by atoms with Gasteiger partial charge in [-0.05, 0) is 40.3 Å². The number of hydrogen-bond acceptors (Lipinski definition) is 4. The normalized spacial score (nSPS) is 14.9. The lowest BCUT2D eigenvalue weighted by molar-refractivity contribution is 0.604. The van der Waals surface area contributed by atoms with Crippen molar-refractivity contribution >= 4 is 11.8 Å². The number of aryl methyl sites for hydroxylation is 2. The van der Waals surface area contributed by atoms with Crippen molar-refractivity contribution in [1.29, 1.82) is 0 Å². The summed E-state index contributed by atoms with van der Waals surface area (Å²) in [5, 5.41) is 4.60. The van der Waals surface area contributed by atoms with Gasteiger partial charge in [-0.3, -0.25) is 0 Å². The largest absolute Gasteiger partial charge is 0.316 e. The van der Waals surface area contributed by atoms with Gasteiger partial charge in [0.25, 0.3) is 0 Å². The summed E-state index contributed by atoms with van der Waals surface area (Å²) < 4.78 is 0. The smallest absolute Gasteiger partial charge is 0.188 e. The molecule has 0 spiro atoms. The second-order valence-electron chi connectivity index (χ2n) is 4.20. The van der Waals surface area contributed by atoms with Crippen molar-refractivity contribution in [2.75, 3.05) is 7.05 Å². The minimum absolute atomic E-state index is 0.454. The van der Waals surface area contributed by atoms with E-state index < -0.39 is 0 Å². The third-order valence-electron chi connectivity index (χ3n) is 3.06. The quantitative estimate of drug-likeness (QED) is 0.647. The molecule has 1 heterocycles. The van der Waals surface area contributed by atoms with Crippen molar-refractivity contribution in [3.63, 3.8) is 0 Å². The van der Waals surface area contributed by atoms with Crippen molar-refractivity contribution in [1.82, 2.24) is 15.3 Å². The van der Waals surface area contributed by atoms with Crippen LogP contribution in [0.3, 0.4) is 0 Å². The van der Waals surface area contributed by atoms with Crippen molar-refractivity contribution in [3.8, 4) is 0 Å². The van der Waals surface area contributed by atoms with Crippen LogP contribution in [0.5, 0.6) is 0 Å². The summed E-state index contributed by atoms with van der Waals surface area (Å²) in [6.45, 7) is 10.5. The van der Waals surface area contributed by atoms with Gasteiger partial charge in [0.15, 0.2) is 5.16 Å². The van der Waals surface area contributed by atoms with E-state index in [9.17, 15) is 0 Å². The number of nitrogens with one attached hydrogen (secondary N) is 1. The molecular formula is C12H21N3S. The molecule has 0 aliphatic heterocycles. The summed E-state index contributed by atoms with van der Waals surface area (Å²) in [4.78, 5) is 9.03. The SMILES string of the molecule is CNC(C)C(C)Sc1nc(C)c(C)c(C)n1. The highest BCUT2D eigenvalue weighted by atomic mass is 32.2. The summed E-state index contributed by atoms with van der Waals surface area (Å²) in [6, 6.07) is 0.454. The summed E-state index contributed by atoms with van der Waals surface area (Å²) in [7, 11) is 1.98. The number of aromatic nitrogens is 2. The van der Waals surface area contributed by atoms with E-state index in [0.717, 1.165) is 16.5 Å². The molecule has 1 aromatic heterocycles. The molecule has 2 atom stereocenters. The van der Waals surface area contributed by atoms with Gasteiger partial charge in [-0.1, -0.05) is 18.7 Å². The molecule has 0 saturated carbocycles. The zero-order chi connectivity index (χ0) is 12.3. The molecule has 0 aliphatic rings. The van der Waals surface area contributed by atoms with E-state index in [2.05, 4.69) is 36.1 Å². The highest BCUT2D eigenvalue weighted by molar-refractivity contribution is 7.99. The fraction of sp³-hybridized carbons (Fsp3) is 0.667. The van der Waals surface area contributed by atoms with Crippen LogP contribution in [0, 0.1) is 20.8 Å². The Hall–Kier alpha value is -0.610. The van der Waals surface area contributed by atoms with E-state index in [1.54, 1.807) is 11.8 Å². The minimum atomic E-state index is 0.454. The van der Waals surface area contributed by atoms with Crippen molar-refractivity contribution in [2.45, 2.75) is 51.1 Å². The lowest BCUT2D eigenvalue weighted by atomic mass is 10.2. The maximum absolute atomic E-state index is 4.51. The maximum Gasteiger partial charge on any atom is 0.188 e. The monoisotopic (exact) mass is 239 g/mol. The molecule has 1 N–H and O–H groups in total. The van der Waals surface area contributed by atoms with Crippen molar-refractivity contribution in [2.24, 2.45) is 0 Å². The van der Waals surface area contributed by atoms with Gasteiger partial charge >= 0.3 is 0 Å². The average Bonchev–Trinajstić information content (AvgIpc) is 2.24. The van der Waals surface area contributed by atoms with Gasteiger partial charge in [0.2, 0.25) is 0 Å². The van der Waals surface area contributed by atoms with Gasteiger partial charge in [0, 0.05) is 22.7 Å². The van der Waals surface area contributed by atoms with Crippen LogP contribution >= 0.6 is 11.8 Å². The van der Waals surface area contributed by atoms with Crippen LogP contribution in [0.25, 0.3) is 0 Å². The maximum atomic E-state index is 4.51. The molecule has 4 heteroatoms. The lowest BCUT2D eigenvalue weighted by Gasteiger charge is -2.18. The third-order valence-corrected chi connectivity index (χ3v) is 4.24. The topological polar surface area (TPSA) is 37.8 Å². The van der Waals surface area contributed by atoms with Gasteiger partial charge in [-0.2, -0.15) is 0 Å². The zero-order valence-corrected chi connectivity index (χ0v) is 11.8. The summed E-state index contributed by atoms with van der Waals surface area (Å²) in [5.74, 6) is 0. The standard InChI is InChI=1S/C12H21N3S/c1-7-8(2)14-12(15-9(7)3)16-11(5)10(4)13-6/h10-11,13H,1-6H3. The molecule has 90 valence electrons. The van der Waals surface area contributed by atoms with Crippen LogP contribution in [0.1, 0.15) is 30.8 Å². The van der Waals surface area contributed by atoms with E-state index in [1.807, 2.05) is 20.9 Å². The lowest BCUT2D eigenvalue weighted by Crippen LogP contribution is -2.30. The zero-order valence-electron chi connectivity index (χ0n) is 11.0. The number of nitrogens with zero attached hydrogens (tertiary/aromatic N) is 2. The molecule has 16 heavy (non-hydrogen) atoms. The second-order valence-corrected chi connectivity index (χ2v) is 5.55. The molecule has 0 fully saturated rings. The molecule has 0 bridgehead atoms. The summed E-state index contributed by atoms with van der Waals surface area (Å²) >= 11 is 1.73. The van der Waals surface area contributed by atoms with Crippen LogP contribution in [-0.2, 0) is 0 Å². The fourth-order valence-electron chi connectivity index (χ4n) is 1.30. The van der Waals surface area contributed by atoms with Crippen LogP contribution in [-0.4, -0.2) is 28.3 Å². The number of hydrogen-bond donors (Lipinski definition) is 1. The highest BCUT2D eigenvalue weighted by Gasteiger charge is 2.14. The van der Waals surface area contributed by atoms with Crippen LogP contribution < -0.4 is 5.32 Å². The van der Waals surface area contributed by atoms with Crippen molar-refractivity contribution < 1.29 is 0 Å². The van der Waals surface area contributed by atoms with Crippen LogP contribution in [0.4, 0.5) is 0 Å². The molecule has 3 nitrogen and oxygen atoms in total. The number of rotatable bonds is 4. The van der Waals surface area contributed by atoms with Crippen LogP contribution in [0.2, 0.25) is 0 Å². The van der Waals surface area contributed by atoms with Gasteiger partial charge < -0.3 is 5.32 Å². The molecule has 1 rings (SSSR count). The third kappa shape index (κ3) is 3.19. The first-order chi connectivity index (χ1) is 7.45. The summed E-state index contributed by atoms with van der Waals surface area (Å²) in [5.41, 5.74) is 3.36. The predicted molar refractivity (Wildman–Crippen MR) is 70.1 cm³/mol.